The summed E-state index contributed by atoms with van der Waals surface area (Å²) in [7, 11) is 0. The van der Waals surface area contributed by atoms with Gasteiger partial charge in [-0.25, -0.2) is 15.0 Å². The van der Waals surface area contributed by atoms with Crippen LogP contribution in [0.15, 0.2) is 109 Å². The monoisotopic (exact) mass is 585 g/mol. The molecule has 0 saturated carbocycles. The van der Waals surface area contributed by atoms with Gasteiger partial charge in [0.1, 0.15) is 5.82 Å². The first kappa shape index (κ1) is 31.1. The van der Waals surface area contributed by atoms with Crippen LogP contribution < -0.4 is 9.91 Å². The maximum Gasteiger partial charge on any atom is 0.152 e. The number of allylic oxidation sites excluding steroid dienone is 2. The van der Waals surface area contributed by atoms with Gasteiger partial charge in [0.05, 0.1) is 12.2 Å². The van der Waals surface area contributed by atoms with Crippen molar-refractivity contribution in [3.63, 3.8) is 0 Å². The Bertz CT molecular complexity index is 1530. The Kier molecular flexibility index (Phi) is 9.53. The molecule has 5 rings (SSSR count). The first-order valence-electron chi connectivity index (χ1n) is 16.0. The third-order valence-electron chi connectivity index (χ3n) is 8.31. The van der Waals surface area contributed by atoms with Crippen LogP contribution in [0.5, 0.6) is 0 Å². The highest BCUT2D eigenvalue weighted by molar-refractivity contribution is 5.68. The summed E-state index contributed by atoms with van der Waals surface area (Å²) in [4.78, 5) is 12.1. The zero-order chi connectivity index (χ0) is 31.4. The molecule has 0 amide bonds. The largest absolute Gasteiger partial charge is 0.297 e. The molecule has 0 N–H and O–H groups in total. The molecule has 0 unspecified atom stereocenters. The number of aromatic nitrogens is 2. The van der Waals surface area contributed by atoms with Gasteiger partial charge in [0, 0.05) is 30.0 Å². The second kappa shape index (κ2) is 13.5. The van der Waals surface area contributed by atoms with Gasteiger partial charge in [-0.2, -0.15) is 0 Å². The molecule has 228 valence electrons. The van der Waals surface area contributed by atoms with Gasteiger partial charge in [0.25, 0.3) is 0 Å². The van der Waals surface area contributed by atoms with Crippen LogP contribution in [-0.2, 0) is 0 Å². The summed E-state index contributed by atoms with van der Waals surface area (Å²) in [6.45, 7) is 18.5. The van der Waals surface area contributed by atoms with Gasteiger partial charge in [-0.1, -0.05) is 79.7 Å². The van der Waals surface area contributed by atoms with Gasteiger partial charge < -0.3 is 0 Å². The van der Waals surface area contributed by atoms with Gasteiger partial charge in [0.2, 0.25) is 0 Å². The number of hydrogen-bond donors (Lipinski definition) is 0. The maximum atomic E-state index is 4.91. The van der Waals surface area contributed by atoms with E-state index in [1.165, 1.54) is 22.3 Å². The minimum absolute atomic E-state index is 0.399. The molecule has 4 aromatic rings. The van der Waals surface area contributed by atoms with Gasteiger partial charge in [0.15, 0.2) is 5.82 Å². The number of anilines is 4. The van der Waals surface area contributed by atoms with Crippen molar-refractivity contribution in [2.45, 2.75) is 79.1 Å². The van der Waals surface area contributed by atoms with Crippen LogP contribution in [0.3, 0.4) is 0 Å². The van der Waals surface area contributed by atoms with Crippen LogP contribution in [-0.4, -0.2) is 21.5 Å². The van der Waals surface area contributed by atoms with Crippen molar-refractivity contribution in [1.29, 1.82) is 0 Å². The van der Waals surface area contributed by atoms with Crippen molar-refractivity contribution >= 4 is 23.0 Å². The lowest BCUT2D eigenvalue weighted by atomic mass is 10.0. The van der Waals surface area contributed by atoms with Crippen molar-refractivity contribution in [2.24, 2.45) is 0 Å². The summed E-state index contributed by atoms with van der Waals surface area (Å²) in [6.07, 6.45) is 10.4. The Labute approximate surface area is 264 Å². The van der Waals surface area contributed by atoms with Crippen LogP contribution in [0, 0.1) is 0 Å². The predicted octanol–water partition coefficient (Wildman–Crippen LogP) is 10.6. The fourth-order valence-corrected chi connectivity index (χ4v) is 5.53. The molecule has 5 heteroatoms. The Morgan fingerprint density at radius 3 is 1.68 bits per heavy atom. The highest BCUT2D eigenvalue weighted by Crippen LogP contribution is 2.36. The molecule has 0 saturated heterocycles. The number of benzene rings is 2. The smallest absolute Gasteiger partial charge is 0.152 e. The normalized spacial score (nSPS) is 13.3. The van der Waals surface area contributed by atoms with Crippen LogP contribution in [0.25, 0.3) is 0 Å². The van der Waals surface area contributed by atoms with Crippen molar-refractivity contribution in [1.82, 2.24) is 15.0 Å². The zero-order valence-electron chi connectivity index (χ0n) is 27.6. The predicted molar refractivity (Wildman–Crippen MR) is 186 cm³/mol. The Hall–Kier alpha value is -4.38. The summed E-state index contributed by atoms with van der Waals surface area (Å²) in [5.41, 5.74) is 8.46. The van der Waals surface area contributed by atoms with E-state index in [1.54, 1.807) is 0 Å². The van der Waals surface area contributed by atoms with E-state index in [4.69, 9.17) is 9.97 Å². The Morgan fingerprint density at radius 1 is 0.591 bits per heavy atom. The van der Waals surface area contributed by atoms with Crippen LogP contribution >= 0.6 is 0 Å². The minimum atomic E-state index is 0.399. The van der Waals surface area contributed by atoms with E-state index < -0.39 is 0 Å². The Morgan fingerprint density at radius 2 is 1.09 bits per heavy atom. The number of nitrogens with zero attached hydrogens (tertiary/aromatic N) is 5. The van der Waals surface area contributed by atoms with Crippen molar-refractivity contribution in [3.8, 4) is 0 Å². The van der Waals surface area contributed by atoms with Crippen molar-refractivity contribution in [3.05, 3.63) is 131 Å². The number of pyridine rings is 2. The molecule has 0 aliphatic carbocycles. The lowest BCUT2D eigenvalue weighted by Gasteiger charge is -2.39. The standard InChI is InChI=1S/C39H47N5/c1-27(2)31-12-9-14-35(22-31)43(38-24-33(29(5)6)17-19-40-38)37-16-11-21-42(26-37)44(36-15-10-13-32(23-36)28(3)4)39-25-34(30(7)8)18-20-41-39/h9-25,27-30H,26H2,1-8H3. The molecule has 0 radical (unpaired) electrons. The minimum Gasteiger partial charge on any atom is -0.297 e. The van der Waals surface area contributed by atoms with E-state index in [-0.39, 0.29) is 0 Å². The molecule has 0 atom stereocenters. The van der Waals surface area contributed by atoms with Gasteiger partial charge in [-0.05, 0) is 107 Å². The van der Waals surface area contributed by atoms with E-state index in [0.717, 1.165) is 28.7 Å². The van der Waals surface area contributed by atoms with Crippen LogP contribution in [0.2, 0.25) is 0 Å². The fraction of sp³-hybridized carbons (Fsp3) is 0.333. The zero-order valence-corrected chi connectivity index (χ0v) is 27.6. The Balaban J connectivity index is 1.61. The summed E-state index contributed by atoms with van der Waals surface area (Å²) in [5, 5.41) is 4.52. The summed E-state index contributed by atoms with van der Waals surface area (Å²) < 4.78 is 0. The van der Waals surface area contributed by atoms with Crippen molar-refractivity contribution in [2.75, 3.05) is 16.5 Å². The lowest BCUT2D eigenvalue weighted by molar-refractivity contribution is 0.404. The molecule has 2 aromatic heterocycles. The topological polar surface area (TPSA) is 35.5 Å². The van der Waals surface area contributed by atoms with Gasteiger partial charge >= 0.3 is 0 Å². The molecule has 1 aliphatic heterocycles. The number of hydrazine groups is 1. The molecule has 5 nitrogen and oxygen atoms in total. The molecular formula is C39H47N5. The third kappa shape index (κ3) is 6.88. The average molecular weight is 586 g/mol. The second-order valence-corrected chi connectivity index (χ2v) is 12.9. The fourth-order valence-electron chi connectivity index (χ4n) is 5.53. The second-order valence-electron chi connectivity index (χ2n) is 12.9. The third-order valence-corrected chi connectivity index (χ3v) is 8.31. The van der Waals surface area contributed by atoms with Gasteiger partial charge in [-0.3, -0.25) is 9.91 Å². The highest BCUT2D eigenvalue weighted by atomic mass is 15.6. The molecule has 44 heavy (non-hydrogen) atoms. The van der Waals surface area contributed by atoms with E-state index >= 15 is 0 Å². The van der Waals surface area contributed by atoms with Gasteiger partial charge in [-0.15, -0.1) is 0 Å². The molecule has 0 bridgehead atoms. The molecule has 0 spiro atoms. The van der Waals surface area contributed by atoms with E-state index in [2.05, 4.69) is 161 Å². The van der Waals surface area contributed by atoms with Crippen molar-refractivity contribution < 1.29 is 0 Å². The number of rotatable bonds is 10. The SMILES string of the molecule is CC(C)c1cccc(N(C2=CC=CN(N(c3cccc(C(C)C)c3)c3cc(C(C)C)ccn3)C2)c2cc(C(C)C)ccn2)c1. The molecule has 1 aliphatic rings. The van der Waals surface area contributed by atoms with Crippen LogP contribution in [0.4, 0.5) is 23.0 Å². The maximum absolute atomic E-state index is 4.91. The summed E-state index contributed by atoms with van der Waals surface area (Å²) in [5.74, 6) is 3.47. The summed E-state index contributed by atoms with van der Waals surface area (Å²) >= 11 is 0. The molecular weight excluding hydrogens is 538 g/mol. The average Bonchev–Trinajstić information content (AvgIpc) is 3.02. The quantitative estimate of drug-likeness (QED) is 0.185. The van der Waals surface area contributed by atoms with E-state index in [9.17, 15) is 0 Å². The van der Waals surface area contributed by atoms with E-state index in [1.807, 2.05) is 12.4 Å². The lowest BCUT2D eigenvalue weighted by Crippen LogP contribution is -2.41. The van der Waals surface area contributed by atoms with E-state index in [0.29, 0.717) is 30.2 Å². The number of hydrogen-bond acceptors (Lipinski definition) is 5. The first-order chi connectivity index (χ1) is 21.1. The highest BCUT2D eigenvalue weighted by Gasteiger charge is 2.26. The molecule has 3 heterocycles. The van der Waals surface area contributed by atoms with Crippen LogP contribution in [0.1, 0.15) is 101 Å². The first-order valence-corrected chi connectivity index (χ1v) is 16.0. The summed E-state index contributed by atoms with van der Waals surface area (Å²) in [6, 6.07) is 26.4. The molecule has 2 aromatic carbocycles. The molecule has 0 fully saturated rings.